The fourth-order valence-electron chi connectivity index (χ4n) is 2.24. The molecule has 0 saturated carbocycles. The van der Waals surface area contributed by atoms with E-state index in [-0.39, 0.29) is 0 Å². The minimum absolute atomic E-state index is 0.995. The van der Waals surface area contributed by atoms with Gasteiger partial charge in [-0.3, -0.25) is 0 Å². The fourth-order valence-corrected chi connectivity index (χ4v) is 2.24. The molecule has 2 heterocycles. The van der Waals surface area contributed by atoms with Crippen LogP contribution in [0, 0.1) is 11.8 Å². The lowest BCUT2D eigenvalue weighted by Crippen LogP contribution is -2.50. The minimum atomic E-state index is 0.995. The summed E-state index contributed by atoms with van der Waals surface area (Å²) >= 11 is 0. The monoisotopic (exact) mass is 154 g/mol. The van der Waals surface area contributed by atoms with Gasteiger partial charge in [0.05, 0.1) is 0 Å². The van der Waals surface area contributed by atoms with Gasteiger partial charge in [-0.1, -0.05) is 0 Å². The normalized spacial score (nSPS) is 35.2. The SMILES string of the molecule is CN1CCCC(C2CNC2)C1. The second-order valence-electron chi connectivity index (χ2n) is 4.08. The van der Waals surface area contributed by atoms with Crippen LogP contribution in [0.1, 0.15) is 12.8 Å². The third-order valence-electron chi connectivity index (χ3n) is 3.14. The zero-order chi connectivity index (χ0) is 7.68. The Balaban J connectivity index is 1.82. The van der Waals surface area contributed by atoms with Crippen molar-refractivity contribution >= 4 is 0 Å². The zero-order valence-corrected chi connectivity index (χ0v) is 7.34. The Bertz CT molecular complexity index is 132. The van der Waals surface area contributed by atoms with E-state index in [0.717, 1.165) is 11.8 Å². The highest BCUT2D eigenvalue weighted by atomic mass is 15.1. The van der Waals surface area contributed by atoms with Crippen molar-refractivity contribution in [2.24, 2.45) is 11.8 Å². The number of likely N-dealkylation sites (tertiary alicyclic amines) is 1. The third kappa shape index (κ3) is 1.57. The first kappa shape index (κ1) is 7.56. The minimum Gasteiger partial charge on any atom is -0.316 e. The second-order valence-corrected chi connectivity index (χ2v) is 4.08. The highest BCUT2D eigenvalue weighted by Crippen LogP contribution is 2.25. The Labute approximate surface area is 69.0 Å². The van der Waals surface area contributed by atoms with E-state index < -0.39 is 0 Å². The molecule has 2 aliphatic heterocycles. The van der Waals surface area contributed by atoms with Crippen LogP contribution in [0.3, 0.4) is 0 Å². The van der Waals surface area contributed by atoms with Gasteiger partial charge in [-0.15, -0.1) is 0 Å². The Morgan fingerprint density at radius 3 is 2.64 bits per heavy atom. The molecule has 2 nitrogen and oxygen atoms in total. The second kappa shape index (κ2) is 3.11. The van der Waals surface area contributed by atoms with Gasteiger partial charge < -0.3 is 10.2 Å². The summed E-state index contributed by atoms with van der Waals surface area (Å²) in [6.07, 6.45) is 2.88. The molecular weight excluding hydrogens is 136 g/mol. The number of nitrogens with zero attached hydrogens (tertiary/aromatic N) is 1. The maximum absolute atomic E-state index is 3.35. The molecule has 1 atom stereocenters. The number of nitrogens with one attached hydrogen (secondary N) is 1. The molecule has 2 fully saturated rings. The lowest BCUT2D eigenvalue weighted by molar-refractivity contribution is 0.126. The fraction of sp³-hybridized carbons (Fsp3) is 1.00. The molecule has 1 unspecified atom stereocenters. The average molecular weight is 154 g/mol. The predicted octanol–water partition coefficient (Wildman–Crippen LogP) is 0.548. The summed E-state index contributed by atoms with van der Waals surface area (Å²) in [6, 6.07) is 0. The van der Waals surface area contributed by atoms with Crippen molar-refractivity contribution in [1.29, 1.82) is 0 Å². The first-order valence-corrected chi connectivity index (χ1v) is 4.75. The Morgan fingerprint density at radius 2 is 2.09 bits per heavy atom. The molecule has 0 bridgehead atoms. The molecule has 0 spiro atoms. The maximum atomic E-state index is 3.35. The van der Waals surface area contributed by atoms with Crippen LogP contribution in [0.5, 0.6) is 0 Å². The summed E-state index contributed by atoms with van der Waals surface area (Å²) in [5.41, 5.74) is 0. The third-order valence-corrected chi connectivity index (χ3v) is 3.14. The first-order chi connectivity index (χ1) is 5.36. The molecule has 64 valence electrons. The van der Waals surface area contributed by atoms with Gasteiger partial charge in [0, 0.05) is 6.54 Å². The molecule has 2 aliphatic rings. The van der Waals surface area contributed by atoms with Crippen LogP contribution in [0.4, 0.5) is 0 Å². The van der Waals surface area contributed by atoms with Crippen molar-refractivity contribution in [3.63, 3.8) is 0 Å². The van der Waals surface area contributed by atoms with Crippen LogP contribution in [0.2, 0.25) is 0 Å². The van der Waals surface area contributed by atoms with E-state index in [9.17, 15) is 0 Å². The van der Waals surface area contributed by atoms with Gasteiger partial charge in [0.15, 0.2) is 0 Å². The Kier molecular flexibility index (Phi) is 2.14. The summed E-state index contributed by atoms with van der Waals surface area (Å²) in [7, 11) is 2.25. The molecule has 2 heteroatoms. The predicted molar refractivity (Wildman–Crippen MR) is 46.6 cm³/mol. The van der Waals surface area contributed by atoms with Crippen molar-refractivity contribution in [3.8, 4) is 0 Å². The standard InChI is InChI=1S/C9H18N2/c1-11-4-2-3-8(7-11)9-5-10-6-9/h8-10H,2-7H2,1H3. The van der Waals surface area contributed by atoms with Crippen LogP contribution in [0.15, 0.2) is 0 Å². The molecule has 0 radical (unpaired) electrons. The molecule has 0 aromatic heterocycles. The van der Waals surface area contributed by atoms with E-state index in [2.05, 4.69) is 17.3 Å². The van der Waals surface area contributed by atoms with Crippen LogP contribution in [-0.2, 0) is 0 Å². The van der Waals surface area contributed by atoms with E-state index >= 15 is 0 Å². The largest absolute Gasteiger partial charge is 0.316 e. The van der Waals surface area contributed by atoms with Gasteiger partial charge in [-0.25, -0.2) is 0 Å². The van der Waals surface area contributed by atoms with Gasteiger partial charge >= 0.3 is 0 Å². The molecule has 0 aromatic carbocycles. The van der Waals surface area contributed by atoms with E-state index in [1.807, 2.05) is 0 Å². The quantitative estimate of drug-likeness (QED) is 0.593. The van der Waals surface area contributed by atoms with Crippen molar-refractivity contribution < 1.29 is 0 Å². The van der Waals surface area contributed by atoms with Gasteiger partial charge in [-0.05, 0) is 51.4 Å². The highest BCUT2D eigenvalue weighted by molar-refractivity contribution is 4.85. The lowest BCUT2D eigenvalue weighted by Gasteiger charge is -2.39. The van der Waals surface area contributed by atoms with Gasteiger partial charge in [-0.2, -0.15) is 0 Å². The molecule has 1 N–H and O–H groups in total. The highest BCUT2D eigenvalue weighted by Gasteiger charge is 2.29. The van der Waals surface area contributed by atoms with Gasteiger partial charge in [0.2, 0.25) is 0 Å². The summed E-state index contributed by atoms with van der Waals surface area (Å²) in [5, 5.41) is 3.35. The summed E-state index contributed by atoms with van der Waals surface area (Å²) < 4.78 is 0. The number of piperidine rings is 1. The molecule has 2 rings (SSSR count). The molecule has 0 amide bonds. The van der Waals surface area contributed by atoms with E-state index in [0.29, 0.717) is 0 Å². The van der Waals surface area contributed by atoms with Crippen molar-refractivity contribution in [2.75, 3.05) is 33.2 Å². The number of rotatable bonds is 1. The summed E-state index contributed by atoms with van der Waals surface area (Å²) in [6.45, 7) is 5.21. The zero-order valence-electron chi connectivity index (χ0n) is 7.34. The topological polar surface area (TPSA) is 15.3 Å². The van der Waals surface area contributed by atoms with Crippen LogP contribution in [-0.4, -0.2) is 38.1 Å². The average Bonchev–Trinajstić information content (AvgIpc) is 1.83. The van der Waals surface area contributed by atoms with Crippen molar-refractivity contribution in [3.05, 3.63) is 0 Å². The first-order valence-electron chi connectivity index (χ1n) is 4.75. The van der Waals surface area contributed by atoms with Crippen LogP contribution >= 0.6 is 0 Å². The summed E-state index contributed by atoms with van der Waals surface area (Å²) in [4.78, 5) is 2.48. The van der Waals surface area contributed by atoms with Crippen LogP contribution < -0.4 is 5.32 Å². The molecule has 0 aliphatic carbocycles. The molecule has 0 aromatic rings. The maximum Gasteiger partial charge on any atom is 0.00102 e. The lowest BCUT2D eigenvalue weighted by atomic mass is 9.82. The van der Waals surface area contributed by atoms with Crippen molar-refractivity contribution in [1.82, 2.24) is 10.2 Å². The number of hydrogen-bond donors (Lipinski definition) is 1. The Morgan fingerprint density at radius 1 is 1.27 bits per heavy atom. The van der Waals surface area contributed by atoms with Gasteiger partial charge in [0.1, 0.15) is 0 Å². The van der Waals surface area contributed by atoms with Gasteiger partial charge in [0.25, 0.3) is 0 Å². The Hall–Kier alpha value is -0.0800. The van der Waals surface area contributed by atoms with Crippen LogP contribution in [0.25, 0.3) is 0 Å². The summed E-state index contributed by atoms with van der Waals surface area (Å²) in [5.74, 6) is 1.99. The van der Waals surface area contributed by atoms with Crippen molar-refractivity contribution in [2.45, 2.75) is 12.8 Å². The number of hydrogen-bond acceptors (Lipinski definition) is 2. The smallest absolute Gasteiger partial charge is 0.00102 e. The van der Waals surface area contributed by atoms with E-state index in [1.165, 1.54) is 39.0 Å². The molecular formula is C9H18N2. The molecule has 2 saturated heterocycles. The van der Waals surface area contributed by atoms with E-state index in [4.69, 9.17) is 0 Å². The van der Waals surface area contributed by atoms with E-state index in [1.54, 1.807) is 0 Å². The molecule has 11 heavy (non-hydrogen) atoms.